The topological polar surface area (TPSA) is 74.1 Å². The summed E-state index contributed by atoms with van der Waals surface area (Å²) in [5.74, 6) is 0.746. The Kier molecular flexibility index (Phi) is 4.83. The standard InChI is InChI=1S/C20H23N5O/c21-12-16-6-3-7-19(23-16)24-18-11-20(26-14-18)8-4-10-25(15-20)13-17-5-1-2-9-22-17/h1-3,5-7,9,18H,4,8,10-11,13-15H2,(H,23,24)/t18-,20-/m1/s1. The van der Waals surface area contributed by atoms with Gasteiger partial charge in [0.25, 0.3) is 0 Å². The predicted octanol–water partition coefficient (Wildman–Crippen LogP) is 2.58. The summed E-state index contributed by atoms with van der Waals surface area (Å²) in [6.07, 6.45) is 5.05. The van der Waals surface area contributed by atoms with Gasteiger partial charge in [-0.15, -0.1) is 0 Å². The van der Waals surface area contributed by atoms with Gasteiger partial charge in [0.05, 0.1) is 23.9 Å². The molecule has 4 rings (SSSR count). The van der Waals surface area contributed by atoms with Crippen LogP contribution in [0.2, 0.25) is 0 Å². The number of likely N-dealkylation sites (tertiary alicyclic amines) is 1. The maximum atomic E-state index is 9.00. The predicted molar refractivity (Wildman–Crippen MR) is 98.4 cm³/mol. The molecule has 4 heterocycles. The fraction of sp³-hybridized carbons (Fsp3) is 0.450. The van der Waals surface area contributed by atoms with Crippen molar-refractivity contribution in [1.82, 2.24) is 14.9 Å². The summed E-state index contributed by atoms with van der Waals surface area (Å²) in [6, 6.07) is 13.9. The molecule has 6 heteroatoms. The maximum absolute atomic E-state index is 9.00. The minimum atomic E-state index is -0.0858. The van der Waals surface area contributed by atoms with Gasteiger partial charge in [0.15, 0.2) is 0 Å². The largest absolute Gasteiger partial charge is 0.371 e. The monoisotopic (exact) mass is 349 g/mol. The van der Waals surface area contributed by atoms with E-state index in [1.807, 2.05) is 30.5 Å². The van der Waals surface area contributed by atoms with Crippen molar-refractivity contribution in [2.45, 2.75) is 37.5 Å². The Hall–Kier alpha value is -2.49. The molecule has 1 spiro atoms. The number of nitriles is 1. The average molecular weight is 349 g/mol. The molecule has 2 fully saturated rings. The first-order chi connectivity index (χ1) is 12.7. The second kappa shape index (κ2) is 7.40. The third-order valence-electron chi connectivity index (χ3n) is 5.16. The lowest BCUT2D eigenvalue weighted by atomic mass is 9.88. The molecule has 0 amide bonds. The van der Waals surface area contributed by atoms with E-state index < -0.39 is 0 Å². The molecule has 0 radical (unpaired) electrons. The van der Waals surface area contributed by atoms with Gasteiger partial charge < -0.3 is 10.1 Å². The number of hydrogen-bond donors (Lipinski definition) is 1. The maximum Gasteiger partial charge on any atom is 0.142 e. The van der Waals surface area contributed by atoms with Gasteiger partial charge in [0.2, 0.25) is 0 Å². The van der Waals surface area contributed by atoms with Crippen LogP contribution in [0.25, 0.3) is 0 Å². The van der Waals surface area contributed by atoms with E-state index in [1.165, 1.54) is 0 Å². The zero-order chi connectivity index (χ0) is 17.8. The van der Waals surface area contributed by atoms with Crippen LogP contribution < -0.4 is 5.32 Å². The van der Waals surface area contributed by atoms with Gasteiger partial charge >= 0.3 is 0 Å². The third kappa shape index (κ3) is 3.85. The van der Waals surface area contributed by atoms with Crippen molar-refractivity contribution in [2.75, 3.05) is 25.0 Å². The van der Waals surface area contributed by atoms with E-state index >= 15 is 0 Å². The van der Waals surface area contributed by atoms with Crippen molar-refractivity contribution in [3.8, 4) is 6.07 Å². The van der Waals surface area contributed by atoms with Gasteiger partial charge in [-0.2, -0.15) is 5.26 Å². The van der Waals surface area contributed by atoms with E-state index in [9.17, 15) is 0 Å². The second-order valence-electron chi connectivity index (χ2n) is 7.19. The molecule has 0 bridgehead atoms. The molecule has 2 aliphatic rings. The van der Waals surface area contributed by atoms with Crippen LogP contribution in [-0.4, -0.2) is 46.2 Å². The number of aromatic nitrogens is 2. The zero-order valence-electron chi connectivity index (χ0n) is 14.8. The molecule has 0 saturated carbocycles. The van der Waals surface area contributed by atoms with E-state index in [0.717, 1.165) is 50.4 Å². The van der Waals surface area contributed by atoms with E-state index in [0.29, 0.717) is 12.3 Å². The molecule has 2 atom stereocenters. The SMILES string of the molecule is N#Cc1cccc(N[C@H]2CO[C@]3(CCCN(Cc4ccccn4)C3)C2)n1. The summed E-state index contributed by atoms with van der Waals surface area (Å²) in [4.78, 5) is 11.2. The van der Waals surface area contributed by atoms with Gasteiger partial charge in [-0.3, -0.25) is 9.88 Å². The number of ether oxygens (including phenoxy) is 1. The molecule has 0 aromatic carbocycles. The van der Waals surface area contributed by atoms with E-state index in [2.05, 4.69) is 32.3 Å². The number of rotatable bonds is 4. The van der Waals surface area contributed by atoms with E-state index in [4.69, 9.17) is 10.00 Å². The lowest BCUT2D eigenvalue weighted by Gasteiger charge is -2.39. The normalized spacial score (nSPS) is 25.9. The highest BCUT2D eigenvalue weighted by molar-refractivity contribution is 5.39. The highest BCUT2D eigenvalue weighted by Crippen LogP contribution is 2.36. The van der Waals surface area contributed by atoms with Crippen molar-refractivity contribution >= 4 is 5.82 Å². The first-order valence-corrected chi connectivity index (χ1v) is 9.15. The van der Waals surface area contributed by atoms with Crippen LogP contribution in [-0.2, 0) is 11.3 Å². The molecule has 0 aliphatic carbocycles. The molecule has 2 aromatic rings. The number of nitrogens with zero attached hydrogens (tertiary/aromatic N) is 4. The van der Waals surface area contributed by atoms with Crippen LogP contribution in [0.5, 0.6) is 0 Å². The van der Waals surface area contributed by atoms with Crippen LogP contribution in [0.3, 0.4) is 0 Å². The molecular weight excluding hydrogens is 326 g/mol. The average Bonchev–Trinajstić information content (AvgIpc) is 3.04. The van der Waals surface area contributed by atoms with E-state index in [-0.39, 0.29) is 11.6 Å². The van der Waals surface area contributed by atoms with Crippen molar-refractivity contribution in [1.29, 1.82) is 5.26 Å². The smallest absolute Gasteiger partial charge is 0.142 e. The molecule has 0 unspecified atom stereocenters. The molecule has 134 valence electrons. The van der Waals surface area contributed by atoms with Gasteiger partial charge in [0.1, 0.15) is 17.6 Å². The van der Waals surface area contributed by atoms with Gasteiger partial charge in [-0.25, -0.2) is 4.98 Å². The highest BCUT2D eigenvalue weighted by atomic mass is 16.5. The Labute approximate surface area is 153 Å². The molecule has 2 aliphatic heterocycles. The summed E-state index contributed by atoms with van der Waals surface area (Å²) in [5, 5.41) is 12.4. The van der Waals surface area contributed by atoms with Crippen LogP contribution in [0, 0.1) is 11.3 Å². The van der Waals surface area contributed by atoms with E-state index in [1.54, 1.807) is 6.07 Å². The van der Waals surface area contributed by atoms with Crippen LogP contribution in [0.1, 0.15) is 30.7 Å². The lowest BCUT2D eigenvalue weighted by Crippen LogP contribution is -2.47. The Balaban J connectivity index is 1.37. The molecule has 2 saturated heterocycles. The van der Waals surface area contributed by atoms with Crippen molar-refractivity contribution in [2.24, 2.45) is 0 Å². The van der Waals surface area contributed by atoms with Crippen LogP contribution in [0.15, 0.2) is 42.6 Å². The number of hydrogen-bond acceptors (Lipinski definition) is 6. The van der Waals surface area contributed by atoms with Crippen LogP contribution >= 0.6 is 0 Å². The number of pyridine rings is 2. The quantitative estimate of drug-likeness (QED) is 0.914. The number of anilines is 1. The van der Waals surface area contributed by atoms with Crippen molar-refractivity contribution < 1.29 is 4.74 Å². The molecule has 26 heavy (non-hydrogen) atoms. The van der Waals surface area contributed by atoms with Crippen LogP contribution in [0.4, 0.5) is 5.82 Å². The molecular formula is C20H23N5O. The highest BCUT2D eigenvalue weighted by Gasteiger charge is 2.43. The third-order valence-corrected chi connectivity index (χ3v) is 5.16. The number of nitrogens with one attached hydrogen (secondary N) is 1. The lowest BCUT2D eigenvalue weighted by molar-refractivity contribution is -0.0535. The summed E-state index contributed by atoms with van der Waals surface area (Å²) in [5.41, 5.74) is 1.45. The van der Waals surface area contributed by atoms with Gasteiger partial charge in [-0.05, 0) is 43.7 Å². The molecule has 1 N–H and O–H groups in total. The zero-order valence-corrected chi connectivity index (χ0v) is 14.8. The summed E-state index contributed by atoms with van der Waals surface area (Å²) in [6.45, 7) is 3.57. The van der Waals surface area contributed by atoms with Gasteiger partial charge in [0, 0.05) is 25.7 Å². The second-order valence-corrected chi connectivity index (χ2v) is 7.19. The summed E-state index contributed by atoms with van der Waals surface area (Å²) < 4.78 is 6.27. The minimum Gasteiger partial charge on any atom is -0.371 e. The Morgan fingerprint density at radius 3 is 3.12 bits per heavy atom. The number of piperidine rings is 1. The summed E-state index contributed by atoms with van der Waals surface area (Å²) >= 11 is 0. The van der Waals surface area contributed by atoms with Crippen molar-refractivity contribution in [3.05, 3.63) is 54.0 Å². The molecule has 2 aromatic heterocycles. The summed E-state index contributed by atoms with van der Waals surface area (Å²) in [7, 11) is 0. The first kappa shape index (κ1) is 17.0. The molecule has 6 nitrogen and oxygen atoms in total. The first-order valence-electron chi connectivity index (χ1n) is 9.15. The van der Waals surface area contributed by atoms with Crippen molar-refractivity contribution in [3.63, 3.8) is 0 Å². The van der Waals surface area contributed by atoms with Gasteiger partial charge in [-0.1, -0.05) is 12.1 Å². The Bertz CT molecular complexity index is 790. The Morgan fingerprint density at radius 1 is 1.31 bits per heavy atom. The fourth-order valence-corrected chi connectivity index (χ4v) is 4.05. The Morgan fingerprint density at radius 2 is 2.27 bits per heavy atom. The fourth-order valence-electron chi connectivity index (χ4n) is 4.05. The minimum absolute atomic E-state index is 0.0858.